The van der Waals surface area contributed by atoms with E-state index < -0.39 is 47.1 Å². The highest BCUT2D eigenvalue weighted by Crippen LogP contribution is 2.50. The number of piperidine rings is 1. The molecule has 1 aromatic carbocycles. The average Bonchev–Trinajstić information content (AvgIpc) is 3.66. The molecule has 5 rings (SSSR count). The van der Waals surface area contributed by atoms with Gasteiger partial charge in [0.1, 0.15) is 29.0 Å². The zero-order valence-corrected chi connectivity index (χ0v) is 36.4. The van der Waals surface area contributed by atoms with Gasteiger partial charge in [0.25, 0.3) is 11.7 Å². The van der Waals surface area contributed by atoms with Crippen LogP contribution in [0.2, 0.25) is 0 Å². The van der Waals surface area contributed by atoms with Crippen LogP contribution in [0.15, 0.2) is 40.4 Å². The summed E-state index contributed by atoms with van der Waals surface area (Å²) in [6, 6.07) is 0. The number of hydrogen-bond acceptors (Lipinski definition) is 12. The molecule has 58 heavy (non-hydrogen) atoms. The first kappa shape index (κ1) is 44.6. The Morgan fingerprint density at radius 2 is 1.67 bits per heavy atom. The zero-order chi connectivity index (χ0) is 43.0. The maximum absolute atomic E-state index is 14.6. The molecule has 13 nitrogen and oxygen atoms in total. The minimum Gasteiger partial charge on any atom is -0.507 e. The fourth-order valence-electron chi connectivity index (χ4n) is 8.81. The van der Waals surface area contributed by atoms with E-state index in [2.05, 4.69) is 43.2 Å². The molecule has 1 amide bonds. The molecule has 1 aromatic rings. The molecule has 1 aliphatic carbocycles. The number of amides is 1. The number of carbonyl (C=O) groups excluding carboxylic acids is 4. The van der Waals surface area contributed by atoms with Crippen LogP contribution in [0.4, 0.5) is 0 Å². The highest BCUT2D eigenvalue weighted by molar-refractivity contribution is 6.34. The third-order valence-corrected chi connectivity index (χ3v) is 12.0. The zero-order valence-electron chi connectivity index (χ0n) is 36.4. The maximum Gasteiger partial charge on any atom is 0.312 e. The lowest BCUT2D eigenvalue weighted by Crippen LogP contribution is -2.50. The van der Waals surface area contributed by atoms with Gasteiger partial charge in [0.15, 0.2) is 0 Å². The summed E-state index contributed by atoms with van der Waals surface area (Å²) in [5, 5.41) is 29.1. The number of phenolic OH excluding ortho intramolecular Hbond substituents is 1. The first-order valence-electron chi connectivity index (χ1n) is 20.8. The van der Waals surface area contributed by atoms with Gasteiger partial charge in [-0.2, -0.15) is 0 Å². The number of ketones is 2. The Labute approximate surface area is 343 Å². The monoisotopic (exact) mass is 804 g/mol. The molecule has 1 fully saturated rings. The van der Waals surface area contributed by atoms with Gasteiger partial charge >= 0.3 is 11.8 Å². The molecular formula is C45H64N4O9. The first-order valence-corrected chi connectivity index (χ1v) is 20.8. The number of fused-ring (bicyclic) bond motifs is 5. The second-order valence-corrected chi connectivity index (χ2v) is 17.9. The summed E-state index contributed by atoms with van der Waals surface area (Å²) in [5.74, 6) is -3.93. The summed E-state index contributed by atoms with van der Waals surface area (Å²) in [6.45, 7) is 24.6. The lowest BCUT2D eigenvalue weighted by Gasteiger charge is -2.38. The second kappa shape index (κ2) is 17.4. The molecule has 1 spiro atoms. The van der Waals surface area contributed by atoms with E-state index in [1.54, 1.807) is 32.9 Å². The summed E-state index contributed by atoms with van der Waals surface area (Å²) in [6.07, 6.45) is 5.94. The third kappa shape index (κ3) is 8.76. The molecule has 4 aliphatic rings. The lowest BCUT2D eigenvalue weighted by molar-refractivity contribution is -0.156. The van der Waals surface area contributed by atoms with Crippen molar-refractivity contribution < 1.29 is 43.6 Å². The summed E-state index contributed by atoms with van der Waals surface area (Å²) in [4.78, 5) is 62.0. The number of aliphatic hydroxyl groups is 1. The van der Waals surface area contributed by atoms with Crippen molar-refractivity contribution in [3.63, 3.8) is 0 Å². The quantitative estimate of drug-likeness (QED) is 0.0867. The standard InChI is InChI=1S/C45H64N4O9/c1-13-25(6)43(55)46-36-35-34(47-45(48-35)16-18-49(19-17-45)22-24(4)5)31-32(39(36)53)38(52)29(10)41-33(31)42(54)44(12,58-41)56-20-14-15-26(7)40(57-30(11)50)28(9)37(51)27(8)21-23(2)3/h13-14,20,23-24,26-28,37,40,48,51-52H,15-19,21-22H2,1-12H3,(H,46,55)/b20-14+,25-13-/t26-,27-,28-,37-,40-,44+/m1/s1. The van der Waals surface area contributed by atoms with Crippen molar-refractivity contribution in [3.8, 4) is 11.5 Å². The van der Waals surface area contributed by atoms with E-state index in [0.717, 1.165) is 26.1 Å². The minimum absolute atomic E-state index is 0.00811. The maximum atomic E-state index is 14.6. The molecular weight excluding hydrogens is 741 g/mol. The van der Waals surface area contributed by atoms with Crippen molar-refractivity contribution in [1.82, 2.24) is 15.5 Å². The Hall–Kier alpha value is -4.49. The second-order valence-electron chi connectivity index (χ2n) is 17.9. The Morgan fingerprint density at radius 1 is 1.02 bits per heavy atom. The number of aliphatic hydroxyl groups excluding tert-OH is 1. The first-order chi connectivity index (χ1) is 27.1. The predicted molar refractivity (Wildman–Crippen MR) is 221 cm³/mol. The van der Waals surface area contributed by atoms with Gasteiger partial charge in [-0.3, -0.25) is 24.2 Å². The van der Waals surface area contributed by atoms with Crippen LogP contribution in [0.3, 0.4) is 0 Å². The van der Waals surface area contributed by atoms with E-state index in [9.17, 15) is 29.4 Å². The Kier molecular flexibility index (Phi) is 13.4. The van der Waals surface area contributed by atoms with Gasteiger partial charge < -0.3 is 40.0 Å². The van der Waals surface area contributed by atoms with Crippen LogP contribution >= 0.6 is 0 Å². The number of ether oxygens (including phenoxy) is 3. The molecule has 0 saturated carbocycles. The van der Waals surface area contributed by atoms with E-state index >= 15 is 0 Å². The van der Waals surface area contributed by atoms with Crippen molar-refractivity contribution in [3.05, 3.63) is 57.6 Å². The largest absolute Gasteiger partial charge is 0.507 e. The molecule has 1 saturated heterocycles. The Bertz CT molecular complexity index is 1940. The summed E-state index contributed by atoms with van der Waals surface area (Å²) in [5.41, 5.74) is 0.407. The smallest absolute Gasteiger partial charge is 0.312 e. The fourth-order valence-corrected chi connectivity index (χ4v) is 8.81. The number of allylic oxidation sites excluding steroid dienone is 4. The number of aromatic hydroxyl groups is 1. The summed E-state index contributed by atoms with van der Waals surface area (Å²) >= 11 is 0. The number of likely N-dealkylation sites (tertiary alicyclic amines) is 1. The number of aliphatic imine (C=N–C) groups is 1. The number of nitrogens with one attached hydrogen (secondary N) is 2. The van der Waals surface area contributed by atoms with Gasteiger partial charge in [-0.25, -0.2) is 0 Å². The fraction of sp³-hybridized carbons (Fsp3) is 0.622. The van der Waals surface area contributed by atoms with Crippen LogP contribution < -0.4 is 15.4 Å². The van der Waals surface area contributed by atoms with E-state index in [0.29, 0.717) is 48.1 Å². The van der Waals surface area contributed by atoms with Crippen LogP contribution in [0, 0.1) is 36.5 Å². The lowest BCUT2D eigenvalue weighted by atomic mass is 9.80. The van der Waals surface area contributed by atoms with Crippen molar-refractivity contribution in [2.75, 3.05) is 19.6 Å². The molecule has 3 heterocycles. The normalized spacial score (nSPS) is 22.9. The molecule has 4 N–H and O–H groups in total. The number of phenols is 1. The summed E-state index contributed by atoms with van der Waals surface area (Å²) in [7, 11) is 0. The number of nitrogens with zero attached hydrogens (tertiary/aromatic N) is 2. The minimum atomic E-state index is -1.86. The number of Topliss-reactive ketones (excluding diaryl/α,β-unsaturated/α-hetero) is 2. The number of esters is 1. The van der Waals surface area contributed by atoms with E-state index in [-0.39, 0.29) is 57.2 Å². The van der Waals surface area contributed by atoms with E-state index in [1.807, 2.05) is 20.8 Å². The van der Waals surface area contributed by atoms with Gasteiger partial charge in [-0.15, -0.1) is 0 Å². The highest BCUT2D eigenvalue weighted by Gasteiger charge is 2.54. The van der Waals surface area contributed by atoms with Crippen LogP contribution in [-0.4, -0.2) is 87.6 Å². The topological polar surface area (TPSA) is 176 Å². The number of carbonyl (C=O) groups is 4. The van der Waals surface area contributed by atoms with Gasteiger partial charge in [-0.05, 0) is 63.4 Å². The average molecular weight is 805 g/mol. The van der Waals surface area contributed by atoms with E-state index in [4.69, 9.17) is 19.2 Å². The number of rotatable bonds is 15. The third-order valence-electron chi connectivity index (χ3n) is 12.0. The molecule has 318 valence electrons. The van der Waals surface area contributed by atoms with Crippen LogP contribution in [0.25, 0.3) is 0 Å². The Balaban J connectivity index is 1.46. The van der Waals surface area contributed by atoms with Crippen LogP contribution in [0.5, 0.6) is 11.5 Å². The highest BCUT2D eigenvalue weighted by atomic mass is 16.7. The van der Waals surface area contributed by atoms with E-state index in [1.165, 1.54) is 20.1 Å². The molecule has 0 radical (unpaired) electrons. The van der Waals surface area contributed by atoms with Crippen LogP contribution in [-0.2, 0) is 19.1 Å². The molecule has 13 heteroatoms. The van der Waals surface area contributed by atoms with Crippen molar-refractivity contribution >= 4 is 29.2 Å². The van der Waals surface area contributed by atoms with Gasteiger partial charge in [0, 0.05) is 68.9 Å². The van der Waals surface area contributed by atoms with Crippen molar-refractivity contribution in [2.45, 2.75) is 132 Å². The Morgan fingerprint density at radius 3 is 2.26 bits per heavy atom. The molecule has 6 atom stereocenters. The van der Waals surface area contributed by atoms with Gasteiger partial charge in [0.2, 0.25) is 5.78 Å². The van der Waals surface area contributed by atoms with Crippen molar-refractivity contribution in [1.29, 1.82) is 0 Å². The molecule has 0 aromatic heterocycles. The molecule has 0 bridgehead atoms. The SMILES string of the molecule is C/C=C(/C)C(=O)NC1=C2NC3(CCN(CC(C)C)CC3)N=C2c2c(c(O)c(C)c3c2C(=O)[C@@](C)(O/C=C/C[C@@H](C)[C@@H](OC(C)=O)[C@H](C)[C@H](O)[C@H](C)CC(C)C)O3)C1=O. The number of hydrogen-bond donors (Lipinski definition) is 4. The summed E-state index contributed by atoms with van der Waals surface area (Å²) < 4.78 is 18.1. The predicted octanol–water partition coefficient (Wildman–Crippen LogP) is 6.49. The van der Waals surface area contributed by atoms with Gasteiger partial charge in [0.05, 0.1) is 34.9 Å². The number of benzene rings is 1. The molecule has 3 aliphatic heterocycles. The van der Waals surface area contributed by atoms with Crippen molar-refractivity contribution in [2.24, 2.45) is 34.6 Å². The molecule has 0 unspecified atom stereocenters. The van der Waals surface area contributed by atoms with Crippen LogP contribution in [0.1, 0.15) is 134 Å². The van der Waals surface area contributed by atoms with Gasteiger partial charge in [-0.1, -0.05) is 54.5 Å².